The molecule has 9 heteroatoms. The third-order valence-electron chi connectivity index (χ3n) is 5.32. The van der Waals surface area contributed by atoms with Gasteiger partial charge in [-0.2, -0.15) is 0 Å². The molecule has 0 aliphatic carbocycles. The SMILES string of the molecule is CCC(C(=O)NC)N(Cc1ccccc1)C(=O)CCCN(c1cccc(OC)c1)S(C)(=O)=O. The van der Waals surface area contributed by atoms with Crippen molar-refractivity contribution in [1.82, 2.24) is 10.2 Å². The number of ether oxygens (including phenoxy) is 1. The van der Waals surface area contributed by atoms with Gasteiger partial charge in [0.2, 0.25) is 21.8 Å². The highest BCUT2D eigenvalue weighted by atomic mass is 32.2. The highest BCUT2D eigenvalue weighted by Gasteiger charge is 2.28. The number of rotatable bonds is 12. The van der Waals surface area contributed by atoms with Crippen LogP contribution in [0.3, 0.4) is 0 Å². The first-order valence-corrected chi connectivity index (χ1v) is 12.7. The summed E-state index contributed by atoms with van der Waals surface area (Å²) in [6, 6.07) is 15.7. The van der Waals surface area contributed by atoms with E-state index < -0.39 is 16.1 Å². The fourth-order valence-electron chi connectivity index (χ4n) is 3.64. The lowest BCUT2D eigenvalue weighted by Crippen LogP contribution is -2.48. The van der Waals surface area contributed by atoms with Gasteiger partial charge in [0.15, 0.2) is 0 Å². The molecule has 1 atom stereocenters. The molecule has 0 aliphatic rings. The Hall–Kier alpha value is -3.07. The van der Waals surface area contributed by atoms with E-state index in [-0.39, 0.29) is 24.8 Å². The highest BCUT2D eigenvalue weighted by molar-refractivity contribution is 7.92. The van der Waals surface area contributed by atoms with Crippen molar-refractivity contribution in [3.8, 4) is 5.75 Å². The molecule has 0 saturated carbocycles. The molecular formula is C24H33N3O5S. The van der Waals surface area contributed by atoms with E-state index in [4.69, 9.17) is 4.74 Å². The highest BCUT2D eigenvalue weighted by Crippen LogP contribution is 2.24. The topological polar surface area (TPSA) is 96.0 Å². The number of anilines is 1. The Morgan fingerprint density at radius 2 is 1.79 bits per heavy atom. The smallest absolute Gasteiger partial charge is 0.242 e. The first kappa shape index (κ1) is 26.2. The number of carbonyl (C=O) groups is 2. The number of amides is 2. The molecule has 1 unspecified atom stereocenters. The van der Waals surface area contributed by atoms with Gasteiger partial charge in [-0.25, -0.2) is 8.42 Å². The summed E-state index contributed by atoms with van der Waals surface area (Å²) >= 11 is 0. The van der Waals surface area contributed by atoms with Crippen molar-refractivity contribution >= 4 is 27.5 Å². The molecule has 0 saturated heterocycles. The Balaban J connectivity index is 2.17. The minimum absolute atomic E-state index is 0.107. The monoisotopic (exact) mass is 475 g/mol. The molecule has 33 heavy (non-hydrogen) atoms. The molecule has 2 rings (SSSR count). The van der Waals surface area contributed by atoms with Gasteiger partial charge in [0.1, 0.15) is 11.8 Å². The minimum atomic E-state index is -3.56. The number of nitrogens with zero attached hydrogens (tertiary/aromatic N) is 2. The zero-order valence-corrected chi connectivity index (χ0v) is 20.5. The molecule has 8 nitrogen and oxygen atoms in total. The fraction of sp³-hybridized carbons (Fsp3) is 0.417. The van der Waals surface area contributed by atoms with Crippen LogP contribution in [0.1, 0.15) is 31.7 Å². The van der Waals surface area contributed by atoms with E-state index in [0.29, 0.717) is 30.8 Å². The summed E-state index contributed by atoms with van der Waals surface area (Å²) in [5.41, 5.74) is 1.39. The van der Waals surface area contributed by atoms with Gasteiger partial charge in [-0.1, -0.05) is 43.3 Å². The summed E-state index contributed by atoms with van der Waals surface area (Å²) in [6.45, 7) is 2.30. The molecular weight excluding hydrogens is 442 g/mol. The predicted molar refractivity (Wildman–Crippen MR) is 130 cm³/mol. The number of methoxy groups -OCH3 is 1. The third-order valence-corrected chi connectivity index (χ3v) is 6.52. The van der Waals surface area contributed by atoms with Crippen molar-refractivity contribution in [2.75, 3.05) is 31.3 Å². The third kappa shape index (κ3) is 7.49. The molecule has 0 aliphatic heterocycles. The second-order valence-electron chi connectivity index (χ2n) is 7.69. The molecule has 0 fully saturated rings. The number of carbonyl (C=O) groups excluding carboxylic acids is 2. The molecule has 180 valence electrons. The second kappa shape index (κ2) is 12.2. The largest absolute Gasteiger partial charge is 0.497 e. The zero-order valence-electron chi connectivity index (χ0n) is 19.7. The molecule has 2 aromatic rings. The van der Waals surface area contributed by atoms with Crippen LogP contribution in [0.5, 0.6) is 5.75 Å². The molecule has 0 radical (unpaired) electrons. The molecule has 0 bridgehead atoms. The van der Waals surface area contributed by atoms with Crippen LogP contribution in [0, 0.1) is 0 Å². The van der Waals surface area contributed by atoms with Crippen LogP contribution in [0.15, 0.2) is 54.6 Å². The maximum Gasteiger partial charge on any atom is 0.242 e. The Morgan fingerprint density at radius 1 is 1.09 bits per heavy atom. The molecule has 0 aromatic heterocycles. The maximum atomic E-state index is 13.2. The average molecular weight is 476 g/mol. The lowest BCUT2D eigenvalue weighted by Gasteiger charge is -2.30. The van der Waals surface area contributed by atoms with Gasteiger partial charge >= 0.3 is 0 Å². The normalized spacial score (nSPS) is 12.0. The van der Waals surface area contributed by atoms with E-state index >= 15 is 0 Å². The lowest BCUT2D eigenvalue weighted by molar-refractivity contribution is -0.141. The van der Waals surface area contributed by atoms with Crippen molar-refractivity contribution < 1.29 is 22.7 Å². The molecule has 2 aromatic carbocycles. The lowest BCUT2D eigenvalue weighted by atomic mass is 10.1. The van der Waals surface area contributed by atoms with E-state index in [1.807, 2.05) is 37.3 Å². The van der Waals surface area contributed by atoms with Crippen molar-refractivity contribution in [2.45, 2.75) is 38.8 Å². The summed E-state index contributed by atoms with van der Waals surface area (Å²) in [6.07, 6.45) is 2.02. The molecule has 1 N–H and O–H groups in total. The van der Waals surface area contributed by atoms with E-state index in [9.17, 15) is 18.0 Å². The number of hydrogen-bond donors (Lipinski definition) is 1. The quantitative estimate of drug-likeness (QED) is 0.509. The van der Waals surface area contributed by atoms with Gasteiger partial charge in [0.05, 0.1) is 19.1 Å². The number of hydrogen-bond acceptors (Lipinski definition) is 5. The fourth-order valence-corrected chi connectivity index (χ4v) is 4.59. The predicted octanol–water partition coefficient (Wildman–Crippen LogP) is 2.79. The molecule has 0 heterocycles. The van der Waals surface area contributed by atoms with E-state index in [1.165, 1.54) is 11.4 Å². The van der Waals surface area contributed by atoms with Crippen LogP contribution >= 0.6 is 0 Å². The van der Waals surface area contributed by atoms with Crippen molar-refractivity contribution in [3.63, 3.8) is 0 Å². The van der Waals surface area contributed by atoms with Crippen LogP contribution in [-0.4, -0.2) is 58.1 Å². The van der Waals surface area contributed by atoms with Crippen LogP contribution < -0.4 is 14.4 Å². The van der Waals surface area contributed by atoms with Gasteiger partial charge in [-0.3, -0.25) is 13.9 Å². The van der Waals surface area contributed by atoms with Gasteiger partial charge in [0.25, 0.3) is 0 Å². The average Bonchev–Trinajstić information content (AvgIpc) is 2.81. The van der Waals surface area contributed by atoms with Gasteiger partial charge in [0, 0.05) is 32.6 Å². The van der Waals surface area contributed by atoms with Crippen LogP contribution in [0.25, 0.3) is 0 Å². The molecule has 2 amide bonds. The van der Waals surface area contributed by atoms with Crippen LogP contribution in [-0.2, 0) is 26.2 Å². The Labute approximate surface area is 196 Å². The first-order chi connectivity index (χ1) is 15.7. The van der Waals surface area contributed by atoms with Crippen LogP contribution in [0.4, 0.5) is 5.69 Å². The standard InChI is InChI=1S/C24H33N3O5S/c1-5-22(24(29)25-2)26(18-19-11-7-6-8-12-19)23(28)15-10-16-27(33(4,30)31)20-13-9-14-21(17-20)32-3/h6-9,11-14,17,22H,5,10,15-16,18H2,1-4H3,(H,25,29). The summed E-state index contributed by atoms with van der Waals surface area (Å²) in [5, 5.41) is 2.63. The Bertz CT molecular complexity index is 1030. The Kier molecular flexibility index (Phi) is 9.72. The van der Waals surface area contributed by atoms with E-state index in [2.05, 4.69) is 5.32 Å². The number of sulfonamides is 1. The molecule has 0 spiro atoms. The summed E-state index contributed by atoms with van der Waals surface area (Å²) < 4.78 is 31.3. The number of likely N-dealkylation sites (N-methyl/N-ethyl adjacent to an activating group) is 1. The second-order valence-corrected chi connectivity index (χ2v) is 9.59. The van der Waals surface area contributed by atoms with Crippen molar-refractivity contribution in [3.05, 3.63) is 60.2 Å². The maximum absolute atomic E-state index is 13.2. The van der Waals surface area contributed by atoms with Gasteiger partial charge < -0.3 is 15.0 Å². The summed E-state index contributed by atoms with van der Waals surface area (Å²) in [4.78, 5) is 27.2. The zero-order chi connectivity index (χ0) is 24.4. The van der Waals surface area contributed by atoms with Gasteiger partial charge in [-0.15, -0.1) is 0 Å². The van der Waals surface area contributed by atoms with Crippen molar-refractivity contribution in [1.29, 1.82) is 0 Å². The van der Waals surface area contributed by atoms with Crippen LogP contribution in [0.2, 0.25) is 0 Å². The number of nitrogens with one attached hydrogen (secondary N) is 1. The van der Waals surface area contributed by atoms with Gasteiger partial charge in [-0.05, 0) is 30.5 Å². The van der Waals surface area contributed by atoms with Crippen molar-refractivity contribution in [2.24, 2.45) is 0 Å². The summed E-state index contributed by atoms with van der Waals surface area (Å²) in [5.74, 6) is 0.118. The first-order valence-electron chi connectivity index (χ1n) is 10.9. The Morgan fingerprint density at radius 3 is 2.36 bits per heavy atom. The van der Waals surface area contributed by atoms with E-state index in [0.717, 1.165) is 11.8 Å². The summed E-state index contributed by atoms with van der Waals surface area (Å²) in [7, 11) is -0.495. The number of benzene rings is 2. The van der Waals surface area contributed by atoms with E-state index in [1.54, 1.807) is 36.2 Å². The minimum Gasteiger partial charge on any atom is -0.497 e.